The van der Waals surface area contributed by atoms with Gasteiger partial charge < -0.3 is 9.84 Å². The van der Waals surface area contributed by atoms with Gasteiger partial charge in [0, 0.05) is 17.9 Å². The molecule has 3 heteroatoms. The van der Waals surface area contributed by atoms with Gasteiger partial charge in [0.1, 0.15) is 5.75 Å². The van der Waals surface area contributed by atoms with Gasteiger partial charge in [-0.15, -0.1) is 0 Å². The molecule has 1 atom stereocenters. The predicted octanol–water partition coefficient (Wildman–Crippen LogP) is 3.76. The number of aliphatic hydroxyl groups is 1. The van der Waals surface area contributed by atoms with Crippen LogP contribution in [-0.4, -0.2) is 17.3 Å². The van der Waals surface area contributed by atoms with Gasteiger partial charge in [0.25, 0.3) is 0 Å². The molecule has 1 fully saturated rings. The molecular weight excluding hydrogens is 260 g/mol. The molecule has 1 aliphatic carbocycles. The van der Waals surface area contributed by atoms with Gasteiger partial charge in [0.15, 0.2) is 0 Å². The van der Waals surface area contributed by atoms with Crippen LogP contribution in [0.1, 0.15) is 43.7 Å². The van der Waals surface area contributed by atoms with Crippen LogP contribution in [0.4, 0.5) is 0 Å². The van der Waals surface area contributed by atoms with E-state index in [2.05, 4.69) is 0 Å². The summed E-state index contributed by atoms with van der Waals surface area (Å²) in [4.78, 5) is 0. The predicted molar refractivity (Wildman–Crippen MR) is 76.9 cm³/mol. The van der Waals surface area contributed by atoms with Crippen molar-refractivity contribution in [1.29, 1.82) is 0 Å². The molecule has 0 radical (unpaired) electrons. The van der Waals surface area contributed by atoms with Gasteiger partial charge in [0.2, 0.25) is 0 Å². The van der Waals surface area contributed by atoms with Gasteiger partial charge in [-0.1, -0.05) is 30.9 Å². The second-order valence-corrected chi connectivity index (χ2v) is 6.76. The van der Waals surface area contributed by atoms with E-state index in [1.165, 1.54) is 24.8 Å². The van der Waals surface area contributed by atoms with E-state index in [0.717, 1.165) is 35.8 Å². The lowest BCUT2D eigenvalue weighted by Crippen LogP contribution is -2.32. The van der Waals surface area contributed by atoms with Gasteiger partial charge in [0.05, 0.1) is 12.2 Å². The van der Waals surface area contributed by atoms with Crippen LogP contribution in [0, 0.1) is 5.92 Å². The minimum atomic E-state index is -0.657. The molecule has 0 bridgehead atoms. The van der Waals surface area contributed by atoms with Crippen LogP contribution in [-0.2, 0) is 12.8 Å². The normalized spacial score (nSPS) is 21.4. The Labute approximate surface area is 119 Å². The zero-order chi connectivity index (χ0) is 13.5. The Morgan fingerprint density at radius 2 is 2.21 bits per heavy atom. The van der Waals surface area contributed by atoms with E-state index >= 15 is 0 Å². The highest BCUT2D eigenvalue weighted by Crippen LogP contribution is 2.38. The van der Waals surface area contributed by atoms with Crippen LogP contribution < -0.4 is 4.74 Å². The Hall–Kier alpha value is -0.730. The molecule has 2 nitrogen and oxygen atoms in total. The Kier molecular flexibility index (Phi) is 3.48. The molecule has 0 aromatic heterocycles. The van der Waals surface area contributed by atoms with E-state index in [-0.39, 0.29) is 0 Å². The molecule has 2 aliphatic rings. The lowest BCUT2D eigenvalue weighted by molar-refractivity contribution is 0.0199. The molecule has 1 aliphatic heterocycles. The zero-order valence-corrected chi connectivity index (χ0v) is 12.2. The minimum Gasteiger partial charge on any atom is -0.493 e. The number of hydrogen-bond donors (Lipinski definition) is 1. The monoisotopic (exact) mass is 280 g/mol. The largest absolute Gasteiger partial charge is 0.493 e. The van der Waals surface area contributed by atoms with Crippen molar-refractivity contribution in [3.8, 4) is 5.75 Å². The van der Waals surface area contributed by atoms with Gasteiger partial charge >= 0.3 is 0 Å². The maximum atomic E-state index is 10.6. The number of ether oxygens (including phenoxy) is 1. The van der Waals surface area contributed by atoms with Crippen molar-refractivity contribution in [1.82, 2.24) is 0 Å². The maximum Gasteiger partial charge on any atom is 0.126 e. The first-order valence-corrected chi connectivity index (χ1v) is 7.58. The number of rotatable bonds is 4. The first-order chi connectivity index (χ1) is 9.03. The summed E-state index contributed by atoms with van der Waals surface area (Å²) in [7, 11) is 0. The average Bonchev–Trinajstić information content (AvgIpc) is 2.71. The highest BCUT2D eigenvalue weighted by molar-refractivity contribution is 6.30. The van der Waals surface area contributed by atoms with E-state index in [1.54, 1.807) is 0 Å². The first-order valence-electron chi connectivity index (χ1n) is 7.20. The standard InChI is InChI=1S/C16H21ClO2/c1-16(18,9-11-3-2-4-11)10-13-8-14(17)7-12-5-6-19-15(12)13/h7-8,11,18H,2-6,9-10H2,1H3. The van der Waals surface area contributed by atoms with Crippen molar-refractivity contribution in [3.05, 3.63) is 28.3 Å². The Morgan fingerprint density at radius 1 is 1.42 bits per heavy atom. The third kappa shape index (κ3) is 2.90. The smallest absolute Gasteiger partial charge is 0.126 e. The van der Waals surface area contributed by atoms with Crippen LogP contribution in [0.5, 0.6) is 5.75 Å². The van der Waals surface area contributed by atoms with Crippen molar-refractivity contribution in [3.63, 3.8) is 0 Å². The Morgan fingerprint density at radius 3 is 2.89 bits per heavy atom. The number of hydrogen-bond acceptors (Lipinski definition) is 2. The summed E-state index contributed by atoms with van der Waals surface area (Å²) < 4.78 is 5.71. The molecule has 19 heavy (non-hydrogen) atoms. The summed E-state index contributed by atoms with van der Waals surface area (Å²) in [6, 6.07) is 3.93. The molecule has 0 amide bonds. The SMILES string of the molecule is CC(O)(Cc1cc(Cl)cc2c1OCC2)CC1CCC1. The molecule has 1 unspecified atom stereocenters. The van der Waals surface area contributed by atoms with Gasteiger partial charge in [-0.3, -0.25) is 0 Å². The molecule has 1 saturated carbocycles. The van der Waals surface area contributed by atoms with Gasteiger partial charge in [-0.05, 0) is 42.5 Å². The molecular formula is C16H21ClO2. The minimum absolute atomic E-state index is 0.631. The molecule has 0 saturated heterocycles. The fraction of sp³-hybridized carbons (Fsp3) is 0.625. The summed E-state index contributed by atoms with van der Waals surface area (Å²) in [5.74, 6) is 1.65. The fourth-order valence-corrected chi connectivity index (χ4v) is 3.54. The van der Waals surface area contributed by atoms with Crippen LogP contribution in [0.25, 0.3) is 0 Å². The van der Waals surface area contributed by atoms with E-state index in [9.17, 15) is 5.11 Å². The molecule has 1 aromatic carbocycles. The third-order valence-electron chi connectivity index (χ3n) is 4.35. The molecule has 1 heterocycles. The quantitative estimate of drug-likeness (QED) is 0.910. The molecule has 1 aromatic rings. The lowest BCUT2D eigenvalue weighted by Gasteiger charge is -2.33. The second-order valence-electron chi connectivity index (χ2n) is 6.33. The number of fused-ring (bicyclic) bond motifs is 1. The van der Waals surface area contributed by atoms with Crippen molar-refractivity contribution >= 4 is 11.6 Å². The number of benzene rings is 1. The maximum absolute atomic E-state index is 10.6. The summed E-state index contributed by atoms with van der Waals surface area (Å²) in [6.45, 7) is 2.67. The highest BCUT2D eigenvalue weighted by atomic mass is 35.5. The van der Waals surface area contributed by atoms with Crippen LogP contribution in [0.3, 0.4) is 0 Å². The highest BCUT2D eigenvalue weighted by Gasteiger charge is 2.31. The first kappa shape index (κ1) is 13.3. The summed E-state index contributed by atoms with van der Waals surface area (Å²) in [5.41, 5.74) is 1.58. The third-order valence-corrected chi connectivity index (χ3v) is 4.57. The Bertz CT molecular complexity index is 478. The van der Waals surface area contributed by atoms with Gasteiger partial charge in [-0.25, -0.2) is 0 Å². The van der Waals surface area contributed by atoms with E-state index in [4.69, 9.17) is 16.3 Å². The van der Waals surface area contributed by atoms with Crippen LogP contribution in [0.15, 0.2) is 12.1 Å². The average molecular weight is 281 g/mol. The van der Waals surface area contributed by atoms with E-state index < -0.39 is 5.60 Å². The fourth-order valence-electron chi connectivity index (χ4n) is 3.28. The van der Waals surface area contributed by atoms with Crippen LogP contribution in [0.2, 0.25) is 5.02 Å². The molecule has 0 spiro atoms. The molecule has 3 rings (SSSR count). The summed E-state index contributed by atoms with van der Waals surface area (Å²) in [6.07, 6.45) is 6.28. The van der Waals surface area contributed by atoms with Crippen LogP contribution >= 0.6 is 11.6 Å². The van der Waals surface area contributed by atoms with Crippen molar-refractivity contribution in [2.75, 3.05) is 6.61 Å². The second kappa shape index (κ2) is 4.99. The van der Waals surface area contributed by atoms with E-state index in [1.807, 2.05) is 19.1 Å². The van der Waals surface area contributed by atoms with Gasteiger partial charge in [-0.2, -0.15) is 0 Å². The molecule has 104 valence electrons. The lowest BCUT2D eigenvalue weighted by atomic mass is 9.76. The summed E-state index contributed by atoms with van der Waals surface area (Å²) >= 11 is 6.16. The Balaban J connectivity index is 1.78. The topological polar surface area (TPSA) is 29.5 Å². The van der Waals surface area contributed by atoms with Crippen molar-refractivity contribution in [2.24, 2.45) is 5.92 Å². The van der Waals surface area contributed by atoms with E-state index in [0.29, 0.717) is 12.3 Å². The molecule has 1 N–H and O–H groups in total. The summed E-state index contributed by atoms with van der Waals surface area (Å²) in [5, 5.41) is 11.4. The zero-order valence-electron chi connectivity index (χ0n) is 11.4. The van der Waals surface area contributed by atoms with Crippen molar-refractivity contribution < 1.29 is 9.84 Å². The van der Waals surface area contributed by atoms with Crippen molar-refractivity contribution in [2.45, 2.75) is 51.0 Å². The number of halogens is 1.